The lowest BCUT2D eigenvalue weighted by atomic mass is 10.1. The Kier molecular flexibility index (Phi) is 3.13. The number of hydrogen-bond donors (Lipinski definition) is 0. The van der Waals surface area contributed by atoms with E-state index in [2.05, 4.69) is 29.5 Å². The van der Waals surface area contributed by atoms with Gasteiger partial charge in [0, 0.05) is 26.3 Å². The van der Waals surface area contributed by atoms with Crippen molar-refractivity contribution in [1.29, 1.82) is 0 Å². The molecule has 1 aromatic rings. The van der Waals surface area contributed by atoms with E-state index in [1.165, 1.54) is 6.42 Å². The number of fused-ring (bicyclic) bond motifs is 3. The molecule has 1 fully saturated rings. The summed E-state index contributed by atoms with van der Waals surface area (Å²) in [6.45, 7) is 7.75. The number of carbonyl (C=O) groups is 1. The number of carbonyl (C=O) groups excluding carboxylic acids is 1. The average molecular weight is 261 g/mol. The molecule has 1 saturated heterocycles. The molecular weight excluding hydrogens is 238 g/mol. The van der Waals surface area contributed by atoms with E-state index < -0.39 is 0 Å². The minimum absolute atomic E-state index is 0.164. The van der Waals surface area contributed by atoms with Gasteiger partial charge in [0.15, 0.2) is 0 Å². The zero-order valence-electron chi connectivity index (χ0n) is 12.0. The number of likely N-dealkylation sites (tertiary alicyclic amines) is 1. The molecule has 19 heavy (non-hydrogen) atoms. The van der Waals surface area contributed by atoms with Crippen molar-refractivity contribution in [2.24, 2.45) is 5.92 Å². The fourth-order valence-electron chi connectivity index (χ4n) is 3.32. The third kappa shape index (κ3) is 2.08. The third-order valence-corrected chi connectivity index (χ3v) is 4.53. The molecule has 0 spiro atoms. The maximum Gasteiger partial charge on any atom is 0.270 e. The Morgan fingerprint density at radius 1 is 1.32 bits per heavy atom. The van der Waals surface area contributed by atoms with E-state index in [1.807, 2.05) is 24.1 Å². The predicted octanol–water partition coefficient (Wildman–Crippen LogP) is 1.85. The normalized spacial score (nSPS) is 26.9. The maximum absolute atomic E-state index is 12.3. The molecule has 4 nitrogen and oxygen atoms in total. The van der Waals surface area contributed by atoms with Crippen LogP contribution in [-0.4, -0.2) is 53.0 Å². The molecule has 0 aromatic carbocycles. The molecule has 3 heterocycles. The van der Waals surface area contributed by atoms with Crippen LogP contribution in [0.4, 0.5) is 0 Å². The lowest BCUT2D eigenvalue weighted by Crippen LogP contribution is -2.48. The van der Waals surface area contributed by atoms with Crippen LogP contribution in [0.1, 0.15) is 36.8 Å². The van der Waals surface area contributed by atoms with E-state index >= 15 is 0 Å². The molecule has 0 saturated carbocycles. The smallest absolute Gasteiger partial charge is 0.270 e. The molecule has 2 aliphatic heterocycles. The van der Waals surface area contributed by atoms with Crippen LogP contribution >= 0.6 is 0 Å². The van der Waals surface area contributed by atoms with E-state index in [-0.39, 0.29) is 5.91 Å². The quantitative estimate of drug-likeness (QED) is 0.830. The molecule has 0 radical (unpaired) electrons. The molecule has 0 N–H and O–H groups in total. The molecule has 0 unspecified atom stereocenters. The lowest BCUT2D eigenvalue weighted by molar-refractivity contribution is 0.0643. The second-order valence-electron chi connectivity index (χ2n) is 6.29. The van der Waals surface area contributed by atoms with Gasteiger partial charge in [0.05, 0.1) is 12.1 Å². The minimum atomic E-state index is 0.164. The van der Waals surface area contributed by atoms with E-state index in [1.54, 1.807) is 0 Å². The summed E-state index contributed by atoms with van der Waals surface area (Å²) < 4.78 is 2.18. The zero-order valence-corrected chi connectivity index (χ0v) is 12.0. The Morgan fingerprint density at radius 3 is 2.79 bits per heavy atom. The largest absolute Gasteiger partial charge is 0.337 e. The molecule has 3 rings (SSSR count). The Balaban J connectivity index is 1.79. The summed E-state index contributed by atoms with van der Waals surface area (Å²) in [5.74, 6) is 0.904. The number of hydrogen-bond acceptors (Lipinski definition) is 2. The van der Waals surface area contributed by atoms with E-state index in [9.17, 15) is 4.79 Å². The van der Waals surface area contributed by atoms with Crippen LogP contribution in [0.2, 0.25) is 0 Å². The summed E-state index contributed by atoms with van der Waals surface area (Å²) in [5.41, 5.74) is 0.842. The van der Waals surface area contributed by atoms with E-state index in [0.717, 1.165) is 31.2 Å². The average Bonchev–Trinajstić information content (AvgIpc) is 2.99. The summed E-state index contributed by atoms with van der Waals surface area (Å²) in [5, 5.41) is 0. The summed E-state index contributed by atoms with van der Waals surface area (Å²) >= 11 is 0. The summed E-state index contributed by atoms with van der Waals surface area (Å²) in [7, 11) is 1.95. The summed E-state index contributed by atoms with van der Waals surface area (Å²) in [4.78, 5) is 16.7. The van der Waals surface area contributed by atoms with Gasteiger partial charge in [-0.2, -0.15) is 0 Å². The molecule has 2 atom stereocenters. The highest BCUT2D eigenvalue weighted by Gasteiger charge is 2.43. The Bertz CT molecular complexity index is 479. The van der Waals surface area contributed by atoms with Crippen LogP contribution in [0.25, 0.3) is 0 Å². The number of likely N-dealkylation sites (N-methyl/N-ethyl adjacent to an activating group) is 1. The van der Waals surface area contributed by atoms with Crippen molar-refractivity contribution in [2.45, 2.75) is 32.4 Å². The van der Waals surface area contributed by atoms with Crippen molar-refractivity contribution in [1.82, 2.24) is 14.4 Å². The van der Waals surface area contributed by atoms with Gasteiger partial charge in [-0.1, -0.05) is 13.8 Å². The minimum Gasteiger partial charge on any atom is -0.337 e. The first-order valence-electron chi connectivity index (χ1n) is 7.24. The second kappa shape index (κ2) is 4.67. The molecule has 104 valence electrons. The molecular formula is C15H23N3O. The van der Waals surface area contributed by atoms with Gasteiger partial charge >= 0.3 is 0 Å². The van der Waals surface area contributed by atoms with Crippen molar-refractivity contribution in [3.05, 3.63) is 24.0 Å². The van der Waals surface area contributed by atoms with Gasteiger partial charge in [-0.25, -0.2) is 0 Å². The van der Waals surface area contributed by atoms with Crippen LogP contribution in [-0.2, 0) is 0 Å². The molecule has 0 aliphatic carbocycles. The lowest BCUT2D eigenvalue weighted by Gasteiger charge is -2.35. The van der Waals surface area contributed by atoms with Gasteiger partial charge in [0.2, 0.25) is 0 Å². The Labute approximate surface area is 115 Å². The zero-order chi connectivity index (χ0) is 13.6. The van der Waals surface area contributed by atoms with Crippen molar-refractivity contribution < 1.29 is 4.79 Å². The molecule has 2 aliphatic rings. The van der Waals surface area contributed by atoms with Gasteiger partial charge in [-0.05, 0) is 31.0 Å². The van der Waals surface area contributed by atoms with Gasteiger partial charge in [0.25, 0.3) is 5.91 Å². The highest BCUT2D eigenvalue weighted by molar-refractivity contribution is 5.93. The first-order valence-corrected chi connectivity index (χ1v) is 7.24. The van der Waals surface area contributed by atoms with Gasteiger partial charge in [-0.15, -0.1) is 0 Å². The first kappa shape index (κ1) is 12.7. The van der Waals surface area contributed by atoms with E-state index in [0.29, 0.717) is 12.1 Å². The number of amides is 1. The van der Waals surface area contributed by atoms with Gasteiger partial charge in [-0.3, -0.25) is 9.69 Å². The van der Waals surface area contributed by atoms with Gasteiger partial charge < -0.3 is 9.47 Å². The highest BCUT2D eigenvalue weighted by atomic mass is 16.2. The van der Waals surface area contributed by atoms with Crippen molar-refractivity contribution in [3.63, 3.8) is 0 Å². The first-order chi connectivity index (χ1) is 9.08. The number of rotatable bonds is 3. The predicted molar refractivity (Wildman–Crippen MR) is 75.2 cm³/mol. The van der Waals surface area contributed by atoms with Crippen LogP contribution in [0.15, 0.2) is 18.3 Å². The van der Waals surface area contributed by atoms with Crippen LogP contribution in [0.5, 0.6) is 0 Å². The monoisotopic (exact) mass is 261 g/mol. The standard InChI is InChI=1S/C15H23N3O/c1-11(2)6-8-17-9-13-14(10-17)18-7-4-5-12(18)15(19)16(13)3/h4-5,7,11,13-14H,6,8-10H2,1-3H3/t13-,14-/m1/s1. The Morgan fingerprint density at radius 2 is 2.05 bits per heavy atom. The SMILES string of the molecule is CC(C)CCN1C[C@@H]2[C@@H](C1)n1cccc1C(=O)N2C. The number of nitrogens with zero attached hydrogens (tertiary/aromatic N) is 3. The number of aromatic nitrogens is 1. The van der Waals surface area contributed by atoms with Crippen LogP contribution < -0.4 is 0 Å². The highest BCUT2D eigenvalue weighted by Crippen LogP contribution is 2.32. The summed E-state index contributed by atoms with van der Waals surface area (Å²) in [6, 6.07) is 4.69. The third-order valence-electron chi connectivity index (χ3n) is 4.53. The van der Waals surface area contributed by atoms with Crippen LogP contribution in [0.3, 0.4) is 0 Å². The van der Waals surface area contributed by atoms with Crippen molar-refractivity contribution in [3.8, 4) is 0 Å². The van der Waals surface area contributed by atoms with E-state index in [4.69, 9.17) is 0 Å². The van der Waals surface area contributed by atoms with Gasteiger partial charge in [0.1, 0.15) is 5.69 Å². The second-order valence-corrected chi connectivity index (χ2v) is 6.29. The van der Waals surface area contributed by atoms with Crippen LogP contribution in [0, 0.1) is 5.92 Å². The fourth-order valence-corrected chi connectivity index (χ4v) is 3.32. The topological polar surface area (TPSA) is 28.5 Å². The van der Waals surface area contributed by atoms with Crippen molar-refractivity contribution in [2.75, 3.05) is 26.7 Å². The Hall–Kier alpha value is -1.29. The molecule has 0 bridgehead atoms. The molecule has 4 heteroatoms. The van der Waals surface area contributed by atoms with Crippen molar-refractivity contribution >= 4 is 5.91 Å². The maximum atomic E-state index is 12.3. The summed E-state index contributed by atoms with van der Waals surface area (Å²) in [6.07, 6.45) is 3.29. The molecule has 1 aromatic heterocycles. The fraction of sp³-hybridized carbons (Fsp3) is 0.667. The molecule has 1 amide bonds.